The highest BCUT2D eigenvalue weighted by molar-refractivity contribution is 9.10. The Morgan fingerprint density at radius 2 is 2.10 bits per heavy atom. The van der Waals surface area contributed by atoms with Crippen LogP contribution in [0.5, 0.6) is 5.75 Å². The van der Waals surface area contributed by atoms with Gasteiger partial charge in [-0.25, -0.2) is 13.4 Å². The van der Waals surface area contributed by atoms with Gasteiger partial charge in [-0.3, -0.25) is 4.72 Å². The van der Waals surface area contributed by atoms with Crippen molar-refractivity contribution in [3.05, 3.63) is 46.6 Å². The minimum Gasteiger partial charge on any atom is -0.495 e. The van der Waals surface area contributed by atoms with Crippen molar-refractivity contribution in [1.82, 2.24) is 4.98 Å². The van der Waals surface area contributed by atoms with E-state index in [1.165, 1.54) is 31.5 Å². The predicted octanol–water partition coefficient (Wildman–Crippen LogP) is 2.15. The van der Waals surface area contributed by atoms with Crippen LogP contribution in [-0.2, 0) is 16.6 Å². The molecular weight excluding hydrogens is 360 g/mol. The molecule has 112 valence electrons. The van der Waals surface area contributed by atoms with Crippen LogP contribution >= 0.6 is 15.9 Å². The molecule has 1 aromatic carbocycles. The smallest absolute Gasteiger partial charge is 0.266 e. The maximum Gasteiger partial charge on any atom is 0.266 e. The molecule has 0 aliphatic rings. The summed E-state index contributed by atoms with van der Waals surface area (Å²) in [6.07, 6.45) is 1.49. The lowest BCUT2D eigenvalue weighted by molar-refractivity contribution is 0.281. The molecule has 1 heterocycles. The Morgan fingerprint density at radius 1 is 1.33 bits per heavy atom. The predicted molar refractivity (Wildman–Crippen MR) is 81.7 cm³/mol. The highest BCUT2D eigenvalue weighted by Crippen LogP contribution is 2.26. The van der Waals surface area contributed by atoms with Gasteiger partial charge >= 0.3 is 0 Å². The van der Waals surface area contributed by atoms with Crippen molar-refractivity contribution in [3.63, 3.8) is 0 Å². The van der Waals surface area contributed by atoms with Gasteiger partial charge in [0.05, 0.1) is 13.7 Å². The van der Waals surface area contributed by atoms with Crippen LogP contribution in [0.1, 0.15) is 5.56 Å². The highest BCUT2D eigenvalue weighted by atomic mass is 79.9. The minimum atomic E-state index is -3.87. The van der Waals surface area contributed by atoms with Crippen molar-refractivity contribution in [1.29, 1.82) is 0 Å². The second-order valence-electron chi connectivity index (χ2n) is 4.11. The molecule has 0 spiro atoms. The van der Waals surface area contributed by atoms with Gasteiger partial charge in [0.1, 0.15) is 16.5 Å². The van der Waals surface area contributed by atoms with Crippen molar-refractivity contribution >= 4 is 31.8 Å². The van der Waals surface area contributed by atoms with Gasteiger partial charge < -0.3 is 9.84 Å². The summed E-state index contributed by atoms with van der Waals surface area (Å²) in [4.78, 5) is 3.91. The third-order valence-corrected chi connectivity index (χ3v) is 4.51. The standard InChI is InChI=1S/C13H13BrN2O4S/c1-20-11-4-2-9(8-17)6-12(11)21(18,19)16-13-5-3-10(14)7-15-13/h2-7,17H,8H2,1H3,(H,15,16). The van der Waals surface area contributed by atoms with Crippen molar-refractivity contribution in [2.24, 2.45) is 0 Å². The number of nitrogens with zero attached hydrogens (tertiary/aromatic N) is 1. The van der Waals surface area contributed by atoms with Crippen molar-refractivity contribution in [2.45, 2.75) is 11.5 Å². The van der Waals surface area contributed by atoms with E-state index in [4.69, 9.17) is 9.84 Å². The van der Waals surface area contributed by atoms with Crippen LogP contribution in [0, 0.1) is 0 Å². The number of aliphatic hydroxyl groups excluding tert-OH is 1. The number of hydrogen-bond donors (Lipinski definition) is 2. The number of aromatic nitrogens is 1. The van der Waals surface area contributed by atoms with Crippen LogP contribution in [0.15, 0.2) is 45.9 Å². The fraction of sp³-hybridized carbons (Fsp3) is 0.154. The minimum absolute atomic E-state index is 0.0544. The molecule has 6 nitrogen and oxygen atoms in total. The van der Waals surface area contributed by atoms with E-state index in [-0.39, 0.29) is 23.1 Å². The molecule has 0 aliphatic heterocycles. The van der Waals surface area contributed by atoms with Gasteiger partial charge in [0.25, 0.3) is 10.0 Å². The lowest BCUT2D eigenvalue weighted by Gasteiger charge is -2.12. The van der Waals surface area contributed by atoms with E-state index >= 15 is 0 Å². The number of sulfonamides is 1. The first-order valence-electron chi connectivity index (χ1n) is 5.88. The second kappa shape index (κ2) is 6.42. The van der Waals surface area contributed by atoms with Crippen molar-refractivity contribution in [3.8, 4) is 5.75 Å². The lowest BCUT2D eigenvalue weighted by Crippen LogP contribution is -2.15. The van der Waals surface area contributed by atoms with E-state index in [2.05, 4.69) is 25.6 Å². The van der Waals surface area contributed by atoms with E-state index in [0.717, 1.165) is 4.47 Å². The van der Waals surface area contributed by atoms with E-state index in [0.29, 0.717) is 5.56 Å². The lowest BCUT2D eigenvalue weighted by atomic mass is 10.2. The van der Waals surface area contributed by atoms with Crippen LogP contribution in [0.3, 0.4) is 0 Å². The molecule has 0 amide bonds. The Bertz CT molecular complexity index is 732. The molecule has 0 bridgehead atoms. The zero-order valence-corrected chi connectivity index (χ0v) is 13.5. The normalized spacial score (nSPS) is 11.2. The topological polar surface area (TPSA) is 88.5 Å². The Labute approximate surface area is 131 Å². The number of halogens is 1. The molecule has 1 aromatic heterocycles. The number of pyridine rings is 1. The average Bonchev–Trinajstić information content (AvgIpc) is 2.48. The molecule has 2 rings (SSSR count). The third-order valence-electron chi connectivity index (χ3n) is 2.67. The number of hydrogen-bond acceptors (Lipinski definition) is 5. The summed E-state index contributed by atoms with van der Waals surface area (Å²) in [5, 5.41) is 9.14. The summed E-state index contributed by atoms with van der Waals surface area (Å²) < 4.78 is 33.0. The number of nitrogens with one attached hydrogen (secondary N) is 1. The number of anilines is 1. The van der Waals surface area contributed by atoms with Crippen LogP contribution in [0.2, 0.25) is 0 Å². The molecular formula is C13H13BrN2O4S. The molecule has 8 heteroatoms. The number of aliphatic hydroxyl groups is 1. The Kier molecular flexibility index (Phi) is 4.81. The SMILES string of the molecule is COc1ccc(CO)cc1S(=O)(=O)Nc1ccc(Br)cn1. The molecule has 0 saturated carbocycles. The van der Waals surface area contributed by atoms with E-state index in [1.807, 2.05) is 0 Å². The molecule has 0 aliphatic carbocycles. The summed E-state index contributed by atoms with van der Waals surface area (Å²) in [7, 11) is -2.49. The van der Waals surface area contributed by atoms with E-state index in [1.54, 1.807) is 12.1 Å². The number of methoxy groups -OCH3 is 1. The first-order valence-corrected chi connectivity index (χ1v) is 8.16. The van der Waals surface area contributed by atoms with Gasteiger partial charge in [-0.15, -0.1) is 0 Å². The van der Waals surface area contributed by atoms with Gasteiger partial charge in [-0.2, -0.15) is 0 Å². The van der Waals surface area contributed by atoms with Gasteiger partial charge in [-0.05, 0) is 45.8 Å². The van der Waals surface area contributed by atoms with E-state index in [9.17, 15) is 8.42 Å². The summed E-state index contributed by atoms with van der Waals surface area (Å²) in [5.74, 6) is 0.381. The first-order chi connectivity index (χ1) is 9.96. The molecule has 0 atom stereocenters. The molecule has 0 radical (unpaired) electrons. The number of ether oxygens (including phenoxy) is 1. The largest absolute Gasteiger partial charge is 0.495 e. The Balaban J connectivity index is 2.41. The highest BCUT2D eigenvalue weighted by Gasteiger charge is 2.20. The zero-order chi connectivity index (χ0) is 15.5. The van der Waals surface area contributed by atoms with Crippen LogP contribution in [-0.4, -0.2) is 25.6 Å². The molecule has 2 aromatic rings. The molecule has 2 N–H and O–H groups in total. The first kappa shape index (κ1) is 15.7. The van der Waals surface area contributed by atoms with Gasteiger partial charge in [0.2, 0.25) is 0 Å². The van der Waals surface area contributed by atoms with Gasteiger partial charge in [-0.1, -0.05) is 6.07 Å². The summed E-state index contributed by atoms with van der Waals surface area (Å²) in [5.41, 5.74) is 0.472. The molecule has 21 heavy (non-hydrogen) atoms. The molecule has 0 saturated heterocycles. The van der Waals surface area contributed by atoms with Gasteiger partial charge in [0.15, 0.2) is 0 Å². The maximum absolute atomic E-state index is 12.4. The van der Waals surface area contributed by atoms with Crippen LogP contribution in [0.25, 0.3) is 0 Å². The van der Waals surface area contributed by atoms with Gasteiger partial charge in [0, 0.05) is 10.7 Å². The number of benzene rings is 1. The summed E-state index contributed by atoms with van der Waals surface area (Å²) in [6.45, 7) is -0.261. The Morgan fingerprint density at radius 3 is 2.67 bits per heavy atom. The monoisotopic (exact) mass is 372 g/mol. The number of rotatable bonds is 5. The zero-order valence-electron chi connectivity index (χ0n) is 11.1. The van der Waals surface area contributed by atoms with Crippen molar-refractivity contribution in [2.75, 3.05) is 11.8 Å². The third kappa shape index (κ3) is 3.72. The Hall–Kier alpha value is -1.64. The molecule has 0 unspecified atom stereocenters. The fourth-order valence-corrected chi connectivity index (χ4v) is 3.12. The summed E-state index contributed by atoms with van der Waals surface area (Å²) in [6, 6.07) is 7.65. The molecule has 0 fully saturated rings. The summed E-state index contributed by atoms with van der Waals surface area (Å²) >= 11 is 3.22. The van der Waals surface area contributed by atoms with Crippen molar-refractivity contribution < 1.29 is 18.3 Å². The average molecular weight is 373 g/mol. The van der Waals surface area contributed by atoms with Crippen LogP contribution < -0.4 is 9.46 Å². The maximum atomic E-state index is 12.4. The fourth-order valence-electron chi connectivity index (χ4n) is 1.66. The van der Waals surface area contributed by atoms with Crippen LogP contribution in [0.4, 0.5) is 5.82 Å². The van der Waals surface area contributed by atoms with E-state index < -0.39 is 10.0 Å². The second-order valence-corrected chi connectivity index (χ2v) is 6.68. The quantitative estimate of drug-likeness (QED) is 0.839.